The number of carbonyl (C=O) groups is 1. The number of hydrogen-bond donors (Lipinski definition) is 1. The van der Waals surface area contributed by atoms with Gasteiger partial charge in [-0.15, -0.1) is 0 Å². The Balaban J connectivity index is 1.83. The Morgan fingerprint density at radius 1 is 1.26 bits per heavy atom. The molecule has 2 aromatic heterocycles. The number of rotatable bonds is 4. The van der Waals surface area contributed by atoms with Gasteiger partial charge in [0.2, 0.25) is 5.91 Å². The van der Waals surface area contributed by atoms with E-state index in [1.807, 2.05) is 13.8 Å². The summed E-state index contributed by atoms with van der Waals surface area (Å²) in [6, 6.07) is 9.79. The number of hydrogen-bond acceptors (Lipinski definition) is 3. The lowest BCUT2D eigenvalue weighted by molar-refractivity contribution is -0.115. The molecule has 5 nitrogen and oxygen atoms in total. The van der Waals surface area contributed by atoms with Crippen molar-refractivity contribution < 1.29 is 9.18 Å². The molecular formula is C17H17FN4O. The minimum atomic E-state index is -0.384. The molecule has 6 heteroatoms. The number of pyridine rings is 1. The number of amides is 1. The Kier molecular flexibility index (Phi) is 4.06. The lowest BCUT2D eigenvalue weighted by Gasteiger charge is -2.06. The molecule has 3 aromatic rings. The van der Waals surface area contributed by atoms with Gasteiger partial charge in [0, 0.05) is 12.1 Å². The SMILES string of the molecule is CC(C)c1nc2c(NC(=O)Cc3ccccc3F)cccn2n1. The molecule has 0 saturated carbocycles. The van der Waals surface area contributed by atoms with Crippen molar-refractivity contribution in [3.05, 3.63) is 59.8 Å². The smallest absolute Gasteiger partial charge is 0.229 e. The van der Waals surface area contributed by atoms with Crippen LogP contribution in [0.3, 0.4) is 0 Å². The summed E-state index contributed by atoms with van der Waals surface area (Å²) < 4.78 is 15.3. The second kappa shape index (κ2) is 6.16. The Bertz CT molecular complexity index is 857. The zero-order valence-electron chi connectivity index (χ0n) is 13.0. The first-order valence-corrected chi connectivity index (χ1v) is 7.43. The van der Waals surface area contributed by atoms with Crippen LogP contribution in [0, 0.1) is 5.82 Å². The molecule has 1 amide bonds. The minimum absolute atomic E-state index is 0.0289. The van der Waals surface area contributed by atoms with Crippen LogP contribution in [-0.2, 0) is 11.2 Å². The molecule has 2 heterocycles. The van der Waals surface area contributed by atoms with Crippen LogP contribution in [-0.4, -0.2) is 20.5 Å². The van der Waals surface area contributed by atoms with E-state index in [1.54, 1.807) is 41.0 Å². The highest BCUT2D eigenvalue weighted by atomic mass is 19.1. The van der Waals surface area contributed by atoms with Gasteiger partial charge in [0.05, 0.1) is 12.1 Å². The van der Waals surface area contributed by atoms with Crippen LogP contribution in [0.1, 0.15) is 31.2 Å². The van der Waals surface area contributed by atoms with E-state index < -0.39 is 0 Å². The maximum Gasteiger partial charge on any atom is 0.229 e. The first-order chi connectivity index (χ1) is 11.0. The Labute approximate surface area is 133 Å². The number of nitrogens with one attached hydrogen (secondary N) is 1. The van der Waals surface area contributed by atoms with Gasteiger partial charge in [0.1, 0.15) is 5.82 Å². The molecule has 1 aromatic carbocycles. The second-order valence-electron chi connectivity index (χ2n) is 5.63. The molecule has 1 N–H and O–H groups in total. The molecule has 0 atom stereocenters. The van der Waals surface area contributed by atoms with Crippen LogP contribution >= 0.6 is 0 Å². The van der Waals surface area contributed by atoms with E-state index >= 15 is 0 Å². The van der Waals surface area contributed by atoms with Gasteiger partial charge in [-0.05, 0) is 23.8 Å². The first kappa shape index (κ1) is 15.1. The number of fused-ring (bicyclic) bond motifs is 1. The average molecular weight is 312 g/mol. The molecule has 0 bridgehead atoms. The average Bonchev–Trinajstić information content (AvgIpc) is 2.95. The second-order valence-corrected chi connectivity index (χ2v) is 5.63. The van der Waals surface area contributed by atoms with Crippen molar-refractivity contribution in [2.45, 2.75) is 26.2 Å². The van der Waals surface area contributed by atoms with Gasteiger partial charge in [-0.3, -0.25) is 4.79 Å². The molecule has 0 aliphatic heterocycles. The van der Waals surface area contributed by atoms with Gasteiger partial charge in [0.15, 0.2) is 11.5 Å². The molecule has 0 spiro atoms. The van der Waals surface area contributed by atoms with Crippen LogP contribution < -0.4 is 5.32 Å². The quantitative estimate of drug-likeness (QED) is 0.805. The number of benzene rings is 1. The van der Waals surface area contributed by atoms with Crippen molar-refractivity contribution in [1.29, 1.82) is 0 Å². The number of anilines is 1. The maximum absolute atomic E-state index is 13.6. The van der Waals surface area contributed by atoms with Gasteiger partial charge in [0.25, 0.3) is 0 Å². The van der Waals surface area contributed by atoms with E-state index in [0.717, 1.165) is 0 Å². The fourth-order valence-electron chi connectivity index (χ4n) is 2.27. The molecule has 0 unspecified atom stereocenters. The third kappa shape index (κ3) is 3.21. The number of aromatic nitrogens is 3. The molecule has 118 valence electrons. The molecule has 3 rings (SSSR count). The normalized spacial score (nSPS) is 11.1. The lowest BCUT2D eigenvalue weighted by Crippen LogP contribution is -2.16. The zero-order chi connectivity index (χ0) is 16.4. The summed E-state index contributed by atoms with van der Waals surface area (Å²) in [7, 11) is 0. The van der Waals surface area contributed by atoms with Crippen LogP contribution in [0.2, 0.25) is 0 Å². The van der Waals surface area contributed by atoms with E-state index in [9.17, 15) is 9.18 Å². The first-order valence-electron chi connectivity index (χ1n) is 7.43. The van der Waals surface area contributed by atoms with Gasteiger partial charge < -0.3 is 5.32 Å². The fraction of sp³-hybridized carbons (Fsp3) is 0.235. The summed E-state index contributed by atoms with van der Waals surface area (Å²) in [5, 5.41) is 7.16. The number of nitrogens with zero attached hydrogens (tertiary/aromatic N) is 3. The van der Waals surface area contributed by atoms with Crippen molar-refractivity contribution >= 4 is 17.2 Å². The van der Waals surface area contributed by atoms with Crippen molar-refractivity contribution in [3.8, 4) is 0 Å². The van der Waals surface area contributed by atoms with Gasteiger partial charge in [-0.25, -0.2) is 13.9 Å². The van der Waals surface area contributed by atoms with Crippen molar-refractivity contribution in [2.75, 3.05) is 5.32 Å². The fourth-order valence-corrected chi connectivity index (χ4v) is 2.27. The highest BCUT2D eigenvalue weighted by Crippen LogP contribution is 2.18. The largest absolute Gasteiger partial charge is 0.323 e. The molecule has 23 heavy (non-hydrogen) atoms. The van der Waals surface area contributed by atoms with E-state index in [4.69, 9.17) is 0 Å². The topological polar surface area (TPSA) is 59.3 Å². The predicted molar refractivity (Wildman–Crippen MR) is 85.8 cm³/mol. The highest BCUT2D eigenvalue weighted by Gasteiger charge is 2.13. The van der Waals surface area contributed by atoms with Crippen molar-refractivity contribution in [1.82, 2.24) is 14.6 Å². The van der Waals surface area contributed by atoms with Crippen molar-refractivity contribution in [3.63, 3.8) is 0 Å². The van der Waals surface area contributed by atoms with Crippen molar-refractivity contribution in [2.24, 2.45) is 0 Å². The minimum Gasteiger partial charge on any atom is -0.323 e. The van der Waals surface area contributed by atoms with Crippen LogP contribution in [0.15, 0.2) is 42.6 Å². The Morgan fingerprint density at radius 3 is 2.78 bits per heavy atom. The van der Waals surface area contributed by atoms with E-state index in [1.165, 1.54) is 6.07 Å². The highest BCUT2D eigenvalue weighted by molar-refractivity contribution is 5.95. The summed E-state index contributed by atoms with van der Waals surface area (Å²) >= 11 is 0. The van der Waals surface area contributed by atoms with Gasteiger partial charge in [-0.1, -0.05) is 32.0 Å². The molecule has 0 aliphatic carbocycles. The van der Waals surface area contributed by atoms with Crippen LogP contribution in [0.4, 0.5) is 10.1 Å². The molecule has 0 saturated heterocycles. The molecular weight excluding hydrogens is 295 g/mol. The molecule has 0 aliphatic rings. The van der Waals surface area contributed by atoms with E-state index in [-0.39, 0.29) is 24.1 Å². The van der Waals surface area contributed by atoms with Crippen LogP contribution in [0.25, 0.3) is 5.65 Å². The standard InChI is InChI=1S/C17H17FN4O/c1-11(2)16-20-17-14(8-5-9-22(17)21-16)19-15(23)10-12-6-3-4-7-13(12)18/h3-9,11H,10H2,1-2H3,(H,19,23). The molecule has 0 fully saturated rings. The predicted octanol–water partition coefficient (Wildman–Crippen LogP) is 3.17. The third-order valence-electron chi connectivity index (χ3n) is 3.48. The summed E-state index contributed by atoms with van der Waals surface area (Å²) in [6.45, 7) is 4.01. The lowest BCUT2D eigenvalue weighted by atomic mass is 10.1. The monoisotopic (exact) mass is 312 g/mol. The summed E-state index contributed by atoms with van der Waals surface area (Å²) in [5.74, 6) is 0.223. The van der Waals surface area contributed by atoms with Gasteiger partial charge in [-0.2, -0.15) is 5.10 Å². The van der Waals surface area contributed by atoms with E-state index in [2.05, 4.69) is 15.4 Å². The van der Waals surface area contributed by atoms with E-state index in [0.29, 0.717) is 22.7 Å². The Morgan fingerprint density at radius 2 is 2.04 bits per heavy atom. The number of carbonyl (C=O) groups excluding carboxylic acids is 1. The van der Waals surface area contributed by atoms with Crippen LogP contribution in [0.5, 0.6) is 0 Å². The third-order valence-corrected chi connectivity index (χ3v) is 3.48. The molecule has 0 radical (unpaired) electrons. The summed E-state index contributed by atoms with van der Waals surface area (Å²) in [5.41, 5.74) is 1.51. The summed E-state index contributed by atoms with van der Waals surface area (Å²) in [4.78, 5) is 16.6. The Hall–Kier alpha value is -2.76. The zero-order valence-corrected chi connectivity index (χ0v) is 13.0. The maximum atomic E-state index is 13.6. The van der Waals surface area contributed by atoms with Gasteiger partial charge >= 0.3 is 0 Å². The summed E-state index contributed by atoms with van der Waals surface area (Å²) in [6.07, 6.45) is 1.75. The number of halogens is 1.